The fraction of sp³-hybridized carbons (Fsp3) is 0.467. The van der Waals surface area contributed by atoms with Gasteiger partial charge >= 0.3 is 12.0 Å². The minimum absolute atomic E-state index is 0.0793. The monoisotopic (exact) mass is 294 g/mol. The van der Waals surface area contributed by atoms with Gasteiger partial charge in [-0.15, -0.1) is 0 Å². The number of carbonyl (C=O) groups excluding carboxylic acids is 1. The smallest absolute Gasteiger partial charge is 0.321 e. The highest BCUT2D eigenvalue weighted by atomic mass is 16.5. The van der Waals surface area contributed by atoms with Gasteiger partial charge in [0, 0.05) is 25.3 Å². The summed E-state index contributed by atoms with van der Waals surface area (Å²) in [6.45, 7) is 2.90. The Hall–Kier alpha value is -2.24. The van der Waals surface area contributed by atoms with E-state index in [2.05, 4.69) is 12.2 Å². The van der Waals surface area contributed by atoms with E-state index < -0.39 is 5.97 Å². The summed E-state index contributed by atoms with van der Waals surface area (Å²) in [5.74, 6) is -0.226. The Labute approximate surface area is 124 Å². The second-order valence-electron chi connectivity index (χ2n) is 4.73. The van der Waals surface area contributed by atoms with Gasteiger partial charge in [0.15, 0.2) is 0 Å². The summed E-state index contributed by atoms with van der Waals surface area (Å²) in [5.41, 5.74) is 0.621. The molecule has 0 radical (unpaired) electrons. The quantitative estimate of drug-likeness (QED) is 0.723. The highest BCUT2D eigenvalue weighted by Crippen LogP contribution is 2.18. The van der Waals surface area contributed by atoms with Gasteiger partial charge in [-0.05, 0) is 18.6 Å². The lowest BCUT2D eigenvalue weighted by Gasteiger charge is -2.17. The molecule has 0 aliphatic rings. The molecule has 1 aromatic rings. The van der Waals surface area contributed by atoms with Crippen LogP contribution >= 0.6 is 0 Å². The van der Waals surface area contributed by atoms with Gasteiger partial charge in [0.1, 0.15) is 5.75 Å². The number of urea groups is 1. The molecule has 0 unspecified atom stereocenters. The Balaban J connectivity index is 2.51. The minimum atomic E-state index is -0.930. The van der Waals surface area contributed by atoms with Crippen molar-refractivity contribution in [1.82, 2.24) is 4.90 Å². The van der Waals surface area contributed by atoms with Crippen LogP contribution < -0.4 is 10.1 Å². The van der Waals surface area contributed by atoms with Crippen LogP contribution in [0.25, 0.3) is 0 Å². The van der Waals surface area contributed by atoms with Crippen LogP contribution in [0.5, 0.6) is 5.75 Å². The Bertz CT molecular complexity index is 476. The third-order valence-electron chi connectivity index (χ3n) is 2.86. The number of amides is 2. The third-order valence-corrected chi connectivity index (χ3v) is 2.86. The van der Waals surface area contributed by atoms with Crippen molar-refractivity contribution in [3.05, 3.63) is 24.3 Å². The zero-order valence-electron chi connectivity index (χ0n) is 12.5. The molecule has 0 bridgehead atoms. The number of benzene rings is 1. The number of rotatable bonds is 8. The normalized spacial score (nSPS) is 10.0. The lowest BCUT2D eigenvalue weighted by atomic mass is 10.3. The van der Waals surface area contributed by atoms with Crippen molar-refractivity contribution < 1.29 is 19.4 Å². The Morgan fingerprint density at radius 2 is 2.14 bits per heavy atom. The molecule has 0 aliphatic heterocycles. The summed E-state index contributed by atoms with van der Waals surface area (Å²) in [6.07, 6.45) is 1.96. The lowest BCUT2D eigenvalue weighted by molar-refractivity contribution is -0.137. The summed E-state index contributed by atoms with van der Waals surface area (Å²) in [6, 6.07) is 6.80. The second kappa shape index (κ2) is 8.84. The van der Waals surface area contributed by atoms with Gasteiger partial charge in [0.2, 0.25) is 0 Å². The molecular formula is C15H22N2O4. The minimum Gasteiger partial charge on any atom is -0.494 e. The Morgan fingerprint density at radius 3 is 2.81 bits per heavy atom. The fourth-order valence-electron chi connectivity index (χ4n) is 1.58. The molecule has 0 aromatic heterocycles. The van der Waals surface area contributed by atoms with E-state index in [0.717, 1.165) is 12.8 Å². The molecule has 0 aliphatic carbocycles. The van der Waals surface area contributed by atoms with Gasteiger partial charge in [-0.25, -0.2) is 4.79 Å². The van der Waals surface area contributed by atoms with E-state index in [1.807, 2.05) is 6.07 Å². The molecule has 0 heterocycles. The predicted molar refractivity (Wildman–Crippen MR) is 80.7 cm³/mol. The van der Waals surface area contributed by atoms with Crippen LogP contribution in [0.2, 0.25) is 0 Å². The number of aliphatic carboxylic acids is 1. The van der Waals surface area contributed by atoms with Gasteiger partial charge in [-0.3, -0.25) is 4.79 Å². The largest absolute Gasteiger partial charge is 0.494 e. The van der Waals surface area contributed by atoms with Crippen molar-refractivity contribution in [2.75, 3.05) is 25.5 Å². The molecule has 2 N–H and O–H groups in total. The van der Waals surface area contributed by atoms with Gasteiger partial charge in [-0.2, -0.15) is 0 Å². The number of nitrogens with one attached hydrogen (secondary N) is 1. The standard InChI is InChI=1S/C15H22N2O4/c1-3-4-10-21-13-7-5-6-12(11-13)16-15(20)17(2)9-8-14(18)19/h5-7,11H,3-4,8-10H2,1-2H3,(H,16,20)(H,18,19). The van der Waals surface area contributed by atoms with E-state index in [1.54, 1.807) is 25.2 Å². The molecule has 0 atom stereocenters. The van der Waals surface area contributed by atoms with Crippen molar-refractivity contribution in [2.24, 2.45) is 0 Å². The Kier molecular flexibility index (Phi) is 7.08. The van der Waals surface area contributed by atoms with Crippen LogP contribution in [0.1, 0.15) is 26.2 Å². The molecule has 21 heavy (non-hydrogen) atoms. The maximum Gasteiger partial charge on any atom is 0.321 e. The van der Waals surface area contributed by atoms with E-state index in [9.17, 15) is 9.59 Å². The first kappa shape index (κ1) is 16.8. The molecule has 0 spiro atoms. The van der Waals surface area contributed by atoms with Crippen LogP contribution in [0.4, 0.5) is 10.5 Å². The summed E-state index contributed by atoms with van der Waals surface area (Å²) in [7, 11) is 1.56. The van der Waals surface area contributed by atoms with E-state index in [-0.39, 0.29) is 19.0 Å². The van der Waals surface area contributed by atoms with Crippen molar-refractivity contribution in [3.63, 3.8) is 0 Å². The van der Waals surface area contributed by atoms with Crippen LogP contribution in [0.3, 0.4) is 0 Å². The maximum atomic E-state index is 11.9. The van der Waals surface area contributed by atoms with Crippen LogP contribution in [-0.2, 0) is 4.79 Å². The molecule has 1 rings (SSSR count). The van der Waals surface area contributed by atoms with E-state index in [1.165, 1.54) is 4.90 Å². The summed E-state index contributed by atoms with van der Waals surface area (Å²) < 4.78 is 5.57. The number of anilines is 1. The summed E-state index contributed by atoms with van der Waals surface area (Å²) in [5, 5.41) is 11.3. The van der Waals surface area contributed by atoms with Crippen molar-refractivity contribution in [2.45, 2.75) is 26.2 Å². The topological polar surface area (TPSA) is 78.9 Å². The first-order valence-electron chi connectivity index (χ1n) is 6.99. The number of carbonyl (C=O) groups is 2. The highest BCUT2D eigenvalue weighted by Gasteiger charge is 2.10. The second-order valence-corrected chi connectivity index (χ2v) is 4.73. The fourth-order valence-corrected chi connectivity index (χ4v) is 1.58. The molecule has 0 fully saturated rings. The van der Waals surface area contributed by atoms with Gasteiger partial charge in [-0.1, -0.05) is 19.4 Å². The molecule has 116 valence electrons. The number of nitrogens with zero attached hydrogens (tertiary/aromatic N) is 1. The third kappa shape index (κ3) is 6.65. The van der Waals surface area contributed by atoms with Crippen molar-refractivity contribution >= 4 is 17.7 Å². The predicted octanol–water partition coefficient (Wildman–Crippen LogP) is 2.80. The SMILES string of the molecule is CCCCOc1cccc(NC(=O)N(C)CCC(=O)O)c1. The average molecular weight is 294 g/mol. The number of hydrogen-bond acceptors (Lipinski definition) is 3. The number of unbranched alkanes of at least 4 members (excludes halogenated alkanes) is 1. The first-order valence-corrected chi connectivity index (χ1v) is 6.99. The molecule has 6 nitrogen and oxygen atoms in total. The molecular weight excluding hydrogens is 272 g/mol. The lowest BCUT2D eigenvalue weighted by Crippen LogP contribution is -2.33. The molecule has 2 amide bonds. The van der Waals surface area contributed by atoms with Crippen molar-refractivity contribution in [3.8, 4) is 5.75 Å². The van der Waals surface area contributed by atoms with E-state index >= 15 is 0 Å². The van der Waals surface area contributed by atoms with Crippen LogP contribution in [-0.4, -0.2) is 42.2 Å². The Morgan fingerprint density at radius 1 is 1.38 bits per heavy atom. The zero-order valence-corrected chi connectivity index (χ0v) is 12.5. The molecule has 1 aromatic carbocycles. The van der Waals surface area contributed by atoms with Crippen LogP contribution in [0.15, 0.2) is 24.3 Å². The van der Waals surface area contributed by atoms with Crippen LogP contribution in [0, 0.1) is 0 Å². The number of carboxylic acid groups (broad SMARTS) is 1. The van der Waals surface area contributed by atoms with Gasteiger partial charge < -0.3 is 20.1 Å². The maximum absolute atomic E-state index is 11.9. The molecule has 6 heteroatoms. The number of ether oxygens (including phenoxy) is 1. The van der Waals surface area contributed by atoms with E-state index in [0.29, 0.717) is 18.0 Å². The highest BCUT2D eigenvalue weighted by molar-refractivity contribution is 5.89. The average Bonchev–Trinajstić information content (AvgIpc) is 2.45. The summed E-state index contributed by atoms with van der Waals surface area (Å²) >= 11 is 0. The number of carboxylic acids is 1. The zero-order chi connectivity index (χ0) is 15.7. The van der Waals surface area contributed by atoms with Gasteiger partial charge in [0.05, 0.1) is 13.0 Å². The van der Waals surface area contributed by atoms with E-state index in [4.69, 9.17) is 9.84 Å². The molecule has 0 saturated heterocycles. The summed E-state index contributed by atoms with van der Waals surface area (Å²) in [4.78, 5) is 23.7. The van der Waals surface area contributed by atoms with Crippen molar-refractivity contribution in [1.29, 1.82) is 0 Å². The number of hydrogen-bond donors (Lipinski definition) is 2. The van der Waals surface area contributed by atoms with Gasteiger partial charge in [0.25, 0.3) is 0 Å². The first-order chi connectivity index (χ1) is 10.0. The molecule has 0 saturated carbocycles.